The van der Waals surface area contributed by atoms with E-state index in [1.807, 2.05) is 65.7 Å². The van der Waals surface area contributed by atoms with Gasteiger partial charge in [-0.3, -0.25) is 14.0 Å². The second kappa shape index (κ2) is 8.65. The van der Waals surface area contributed by atoms with E-state index in [-0.39, 0.29) is 23.7 Å². The molecule has 156 valence electrons. The molecule has 1 aromatic carbocycles. The maximum atomic E-state index is 13.2. The second-order valence-corrected chi connectivity index (χ2v) is 8.15. The predicted molar refractivity (Wildman–Crippen MR) is 114 cm³/mol. The molecule has 4 rings (SSSR count). The van der Waals surface area contributed by atoms with Gasteiger partial charge in [-0.15, -0.1) is 10.2 Å². The molecule has 0 unspecified atom stereocenters. The van der Waals surface area contributed by atoms with Gasteiger partial charge in [0.15, 0.2) is 5.65 Å². The molecule has 1 aliphatic rings. The maximum absolute atomic E-state index is 13.2. The SMILES string of the molecule is CC(C)[C@@H](NC(=O)c1ccccc1)C(=O)N1CCC(c2nnc3ccccn23)CC1. The van der Waals surface area contributed by atoms with Gasteiger partial charge in [0.05, 0.1) is 0 Å². The predicted octanol–water partition coefficient (Wildman–Crippen LogP) is 2.89. The Morgan fingerprint density at radius 3 is 2.40 bits per heavy atom. The summed E-state index contributed by atoms with van der Waals surface area (Å²) in [5.74, 6) is 0.993. The molecule has 3 aromatic rings. The monoisotopic (exact) mass is 405 g/mol. The Morgan fingerprint density at radius 1 is 1.00 bits per heavy atom. The number of hydrogen-bond donors (Lipinski definition) is 1. The minimum absolute atomic E-state index is 0.00308. The van der Waals surface area contributed by atoms with Crippen LogP contribution in [0, 0.1) is 5.92 Å². The fourth-order valence-electron chi connectivity index (χ4n) is 4.02. The molecule has 30 heavy (non-hydrogen) atoms. The summed E-state index contributed by atoms with van der Waals surface area (Å²) in [6.45, 7) is 5.22. The Balaban J connectivity index is 1.41. The molecule has 0 spiro atoms. The lowest BCUT2D eigenvalue weighted by Gasteiger charge is -2.35. The van der Waals surface area contributed by atoms with Crippen molar-refractivity contribution in [3.8, 4) is 0 Å². The molecule has 7 heteroatoms. The number of carbonyl (C=O) groups excluding carboxylic acids is 2. The first-order chi connectivity index (χ1) is 14.5. The molecule has 3 heterocycles. The molecule has 1 saturated heterocycles. The molecule has 0 bridgehead atoms. The smallest absolute Gasteiger partial charge is 0.251 e. The second-order valence-electron chi connectivity index (χ2n) is 8.15. The van der Waals surface area contributed by atoms with Crippen LogP contribution in [0.5, 0.6) is 0 Å². The first kappa shape index (κ1) is 20.1. The Bertz CT molecular complexity index is 1020. The van der Waals surface area contributed by atoms with Gasteiger partial charge in [-0.25, -0.2) is 0 Å². The zero-order valence-electron chi connectivity index (χ0n) is 17.4. The van der Waals surface area contributed by atoms with Crippen molar-refractivity contribution in [3.63, 3.8) is 0 Å². The van der Waals surface area contributed by atoms with Gasteiger partial charge in [-0.05, 0) is 43.0 Å². The average Bonchev–Trinajstić information content (AvgIpc) is 3.21. The normalized spacial score (nSPS) is 16.0. The highest BCUT2D eigenvalue weighted by atomic mass is 16.2. The number of nitrogens with one attached hydrogen (secondary N) is 1. The van der Waals surface area contributed by atoms with Gasteiger partial charge in [0.1, 0.15) is 11.9 Å². The third-order valence-electron chi connectivity index (χ3n) is 5.77. The summed E-state index contributed by atoms with van der Waals surface area (Å²) in [6.07, 6.45) is 3.65. The molecule has 7 nitrogen and oxygen atoms in total. The number of pyridine rings is 1. The van der Waals surface area contributed by atoms with Gasteiger partial charge in [0.25, 0.3) is 5.91 Å². The van der Waals surface area contributed by atoms with Crippen LogP contribution >= 0.6 is 0 Å². The van der Waals surface area contributed by atoms with Crippen molar-refractivity contribution in [1.29, 1.82) is 0 Å². The van der Waals surface area contributed by atoms with Gasteiger partial charge >= 0.3 is 0 Å². The molecule has 2 amide bonds. The lowest BCUT2D eigenvalue weighted by molar-refractivity contribution is -0.135. The quantitative estimate of drug-likeness (QED) is 0.708. The highest BCUT2D eigenvalue weighted by Gasteiger charge is 2.32. The van der Waals surface area contributed by atoms with Crippen molar-refractivity contribution in [2.75, 3.05) is 13.1 Å². The van der Waals surface area contributed by atoms with Gasteiger partial charge in [0, 0.05) is 30.8 Å². The van der Waals surface area contributed by atoms with Crippen LogP contribution in [-0.4, -0.2) is 50.4 Å². The van der Waals surface area contributed by atoms with Crippen molar-refractivity contribution < 1.29 is 9.59 Å². The van der Waals surface area contributed by atoms with Crippen molar-refractivity contribution in [2.24, 2.45) is 5.92 Å². The maximum Gasteiger partial charge on any atom is 0.251 e. The molecule has 2 aromatic heterocycles. The van der Waals surface area contributed by atoms with Crippen LogP contribution in [0.1, 0.15) is 48.8 Å². The van der Waals surface area contributed by atoms with Crippen molar-refractivity contribution >= 4 is 17.5 Å². The van der Waals surface area contributed by atoms with Gasteiger partial charge < -0.3 is 10.2 Å². The molecule has 1 aliphatic heterocycles. The summed E-state index contributed by atoms with van der Waals surface area (Å²) in [4.78, 5) is 27.6. The third kappa shape index (κ3) is 4.06. The van der Waals surface area contributed by atoms with Crippen LogP contribution in [0.15, 0.2) is 54.7 Å². The van der Waals surface area contributed by atoms with Crippen molar-refractivity contribution in [1.82, 2.24) is 24.8 Å². The average molecular weight is 406 g/mol. The topological polar surface area (TPSA) is 79.6 Å². The minimum atomic E-state index is -0.539. The first-order valence-corrected chi connectivity index (χ1v) is 10.5. The summed E-state index contributed by atoms with van der Waals surface area (Å²) < 4.78 is 2.03. The molecule has 1 atom stereocenters. The zero-order valence-corrected chi connectivity index (χ0v) is 17.4. The van der Waals surface area contributed by atoms with E-state index in [2.05, 4.69) is 15.5 Å². The van der Waals surface area contributed by atoms with Crippen LogP contribution in [0.3, 0.4) is 0 Å². The first-order valence-electron chi connectivity index (χ1n) is 10.5. The fraction of sp³-hybridized carbons (Fsp3) is 0.391. The molecule has 0 radical (unpaired) electrons. The summed E-state index contributed by atoms with van der Waals surface area (Å²) in [6, 6.07) is 14.3. The summed E-state index contributed by atoms with van der Waals surface area (Å²) in [7, 11) is 0. The van der Waals surface area contributed by atoms with E-state index < -0.39 is 6.04 Å². The molecule has 0 saturated carbocycles. The van der Waals surface area contributed by atoms with Crippen LogP contribution in [0.25, 0.3) is 5.65 Å². The number of fused-ring (bicyclic) bond motifs is 1. The molecule has 1 N–H and O–H groups in total. The summed E-state index contributed by atoms with van der Waals surface area (Å²) >= 11 is 0. The van der Waals surface area contributed by atoms with Crippen LogP contribution in [0.4, 0.5) is 0 Å². The number of carbonyl (C=O) groups is 2. The Labute approximate surface area is 176 Å². The van der Waals surface area contributed by atoms with Crippen LogP contribution < -0.4 is 5.32 Å². The van der Waals surface area contributed by atoms with E-state index in [0.717, 1.165) is 24.3 Å². The van der Waals surface area contributed by atoms with Crippen LogP contribution in [0.2, 0.25) is 0 Å². The summed E-state index contributed by atoms with van der Waals surface area (Å²) in [5, 5.41) is 11.6. The molecular weight excluding hydrogens is 378 g/mol. The Kier molecular flexibility index (Phi) is 5.79. The number of hydrogen-bond acceptors (Lipinski definition) is 4. The lowest BCUT2D eigenvalue weighted by Crippen LogP contribution is -2.52. The van der Waals surface area contributed by atoms with E-state index in [9.17, 15) is 9.59 Å². The number of nitrogens with zero attached hydrogens (tertiary/aromatic N) is 4. The number of aromatic nitrogens is 3. The zero-order chi connectivity index (χ0) is 21.1. The largest absolute Gasteiger partial charge is 0.341 e. The highest BCUT2D eigenvalue weighted by molar-refractivity contribution is 5.97. The Morgan fingerprint density at radius 2 is 1.70 bits per heavy atom. The minimum Gasteiger partial charge on any atom is -0.341 e. The Hall–Kier alpha value is -3.22. The number of likely N-dealkylation sites (tertiary alicyclic amines) is 1. The molecule has 0 aliphatic carbocycles. The van der Waals surface area contributed by atoms with Gasteiger partial charge in [-0.1, -0.05) is 38.1 Å². The number of amides is 2. The van der Waals surface area contributed by atoms with E-state index in [4.69, 9.17) is 0 Å². The van der Waals surface area contributed by atoms with Gasteiger partial charge in [0.2, 0.25) is 5.91 Å². The van der Waals surface area contributed by atoms with E-state index in [1.54, 1.807) is 12.1 Å². The number of rotatable bonds is 5. The van der Waals surface area contributed by atoms with E-state index in [0.29, 0.717) is 18.7 Å². The standard InChI is InChI=1S/C23H27N5O2/c1-16(2)20(24-22(29)18-8-4-3-5-9-18)23(30)27-14-11-17(12-15-27)21-26-25-19-10-6-7-13-28(19)21/h3-10,13,16-17,20H,11-12,14-15H2,1-2H3,(H,24,29)/t20-/m1/s1. The highest BCUT2D eigenvalue weighted by Crippen LogP contribution is 2.27. The molecular formula is C23H27N5O2. The number of benzene rings is 1. The van der Waals surface area contributed by atoms with E-state index in [1.165, 1.54) is 0 Å². The lowest BCUT2D eigenvalue weighted by atomic mass is 9.94. The van der Waals surface area contributed by atoms with Crippen molar-refractivity contribution in [2.45, 2.75) is 38.6 Å². The van der Waals surface area contributed by atoms with Crippen molar-refractivity contribution in [3.05, 3.63) is 66.1 Å². The van der Waals surface area contributed by atoms with Gasteiger partial charge in [-0.2, -0.15) is 0 Å². The third-order valence-corrected chi connectivity index (χ3v) is 5.77. The van der Waals surface area contributed by atoms with E-state index >= 15 is 0 Å². The fourth-order valence-corrected chi connectivity index (χ4v) is 4.02. The van der Waals surface area contributed by atoms with Crippen LogP contribution in [-0.2, 0) is 4.79 Å². The number of piperidine rings is 1. The summed E-state index contributed by atoms with van der Waals surface area (Å²) in [5.41, 5.74) is 1.41. The molecule has 1 fully saturated rings.